The Kier molecular flexibility index (Phi) is 6.75. The number of hydrogen-bond donors (Lipinski definition) is 0. The molecule has 0 aliphatic heterocycles. The molecule has 0 N–H and O–H groups in total. The van der Waals surface area contributed by atoms with Crippen LogP contribution in [-0.4, -0.2) is 22.8 Å². The Morgan fingerprint density at radius 1 is 1.24 bits per heavy atom. The lowest BCUT2D eigenvalue weighted by atomic mass is 10.1. The molecule has 0 aliphatic carbocycles. The second-order valence-electron chi connectivity index (χ2n) is 4.22. The average molecular weight is 302 g/mol. The second-order valence-corrected chi connectivity index (χ2v) is 5.01. The smallest absolute Gasteiger partial charge is 0.127 e. The van der Waals surface area contributed by atoms with Crippen LogP contribution in [0.5, 0.6) is 0 Å². The zero-order chi connectivity index (χ0) is 12.7. The maximum absolute atomic E-state index is 13.6. The van der Waals surface area contributed by atoms with Crippen molar-refractivity contribution < 1.29 is 4.39 Å². The highest BCUT2D eigenvalue weighted by Crippen LogP contribution is 2.15. The number of benzene rings is 1. The molecule has 0 bridgehead atoms. The maximum Gasteiger partial charge on any atom is 0.127 e. The number of hydrogen-bond acceptors (Lipinski definition) is 1. The van der Waals surface area contributed by atoms with E-state index in [4.69, 9.17) is 0 Å². The summed E-state index contributed by atoms with van der Waals surface area (Å²) in [5, 5.41) is 0.929. The summed E-state index contributed by atoms with van der Waals surface area (Å²) in [6.45, 7) is 6.04. The van der Waals surface area contributed by atoms with Crippen molar-refractivity contribution in [1.82, 2.24) is 4.90 Å². The molecule has 0 aromatic heterocycles. The molecule has 1 aromatic rings. The number of halogens is 2. The Balaban J connectivity index is 2.75. The second kappa shape index (κ2) is 7.83. The van der Waals surface area contributed by atoms with Crippen LogP contribution in [0, 0.1) is 5.82 Å². The molecule has 0 heterocycles. The van der Waals surface area contributed by atoms with Gasteiger partial charge in [0.2, 0.25) is 0 Å². The summed E-state index contributed by atoms with van der Waals surface area (Å²) in [5.41, 5.74) is 0.792. The van der Waals surface area contributed by atoms with Gasteiger partial charge in [-0.25, -0.2) is 4.39 Å². The van der Waals surface area contributed by atoms with E-state index in [1.165, 1.54) is 6.07 Å². The molecule has 1 rings (SSSR count). The minimum atomic E-state index is -0.0990. The van der Waals surface area contributed by atoms with Crippen molar-refractivity contribution in [3.8, 4) is 0 Å². The van der Waals surface area contributed by atoms with Gasteiger partial charge in [0.15, 0.2) is 0 Å². The maximum atomic E-state index is 13.6. The first-order valence-electron chi connectivity index (χ1n) is 6.26. The lowest BCUT2D eigenvalue weighted by Crippen LogP contribution is -2.35. The summed E-state index contributed by atoms with van der Waals surface area (Å²) in [6, 6.07) is 7.59. The molecule has 96 valence electrons. The van der Waals surface area contributed by atoms with E-state index in [0.717, 1.165) is 30.3 Å². The lowest BCUT2D eigenvalue weighted by Gasteiger charge is -2.30. The Morgan fingerprint density at radius 3 is 2.41 bits per heavy atom. The molecule has 3 heteroatoms. The Labute approximate surface area is 112 Å². The molecule has 1 aromatic carbocycles. The molecule has 0 saturated carbocycles. The first-order valence-corrected chi connectivity index (χ1v) is 7.38. The van der Waals surface area contributed by atoms with Crippen molar-refractivity contribution in [1.29, 1.82) is 0 Å². The lowest BCUT2D eigenvalue weighted by molar-refractivity contribution is 0.187. The predicted molar refractivity (Wildman–Crippen MR) is 75.0 cm³/mol. The monoisotopic (exact) mass is 301 g/mol. The summed E-state index contributed by atoms with van der Waals surface area (Å²) in [7, 11) is 0. The van der Waals surface area contributed by atoms with Gasteiger partial charge in [-0.05, 0) is 18.9 Å². The van der Waals surface area contributed by atoms with Crippen LogP contribution >= 0.6 is 15.9 Å². The molecule has 0 amide bonds. The van der Waals surface area contributed by atoms with E-state index in [9.17, 15) is 4.39 Å². The minimum Gasteiger partial charge on any atom is -0.295 e. The zero-order valence-corrected chi connectivity index (χ0v) is 12.2. The SMILES string of the molecule is CCC(CC)N(CCBr)Cc1ccccc1F. The van der Waals surface area contributed by atoms with Gasteiger partial charge in [0.1, 0.15) is 5.82 Å². The average Bonchev–Trinajstić information content (AvgIpc) is 2.34. The van der Waals surface area contributed by atoms with Gasteiger partial charge in [-0.1, -0.05) is 48.0 Å². The molecule has 0 atom stereocenters. The van der Waals surface area contributed by atoms with E-state index < -0.39 is 0 Å². The van der Waals surface area contributed by atoms with Crippen LogP contribution in [0.25, 0.3) is 0 Å². The van der Waals surface area contributed by atoms with Gasteiger partial charge in [-0.2, -0.15) is 0 Å². The third kappa shape index (κ3) is 4.40. The van der Waals surface area contributed by atoms with E-state index in [1.807, 2.05) is 12.1 Å². The van der Waals surface area contributed by atoms with Gasteiger partial charge in [0.05, 0.1) is 0 Å². The van der Waals surface area contributed by atoms with Crippen molar-refractivity contribution in [2.75, 3.05) is 11.9 Å². The molecule has 0 radical (unpaired) electrons. The molecule has 0 spiro atoms. The van der Waals surface area contributed by atoms with Gasteiger partial charge in [-0.15, -0.1) is 0 Å². The van der Waals surface area contributed by atoms with Gasteiger partial charge >= 0.3 is 0 Å². The van der Waals surface area contributed by atoms with Crippen LogP contribution in [0.2, 0.25) is 0 Å². The largest absolute Gasteiger partial charge is 0.295 e. The standard InChI is InChI=1S/C14H21BrFN/c1-3-13(4-2)17(10-9-15)11-12-7-5-6-8-14(12)16/h5-8,13H,3-4,9-11H2,1-2H3. The Bertz CT molecular complexity index is 326. The molecule has 0 unspecified atom stereocenters. The summed E-state index contributed by atoms with van der Waals surface area (Å²) in [4.78, 5) is 2.35. The zero-order valence-electron chi connectivity index (χ0n) is 10.6. The van der Waals surface area contributed by atoms with Crippen LogP contribution < -0.4 is 0 Å². The van der Waals surface area contributed by atoms with Crippen molar-refractivity contribution in [3.05, 3.63) is 35.6 Å². The Morgan fingerprint density at radius 2 is 1.88 bits per heavy atom. The van der Waals surface area contributed by atoms with E-state index in [2.05, 4.69) is 34.7 Å². The molecular formula is C14H21BrFN. The summed E-state index contributed by atoms with van der Waals surface area (Å²) < 4.78 is 13.6. The van der Waals surface area contributed by atoms with E-state index >= 15 is 0 Å². The third-order valence-corrected chi connectivity index (χ3v) is 3.52. The van der Waals surface area contributed by atoms with Gasteiger partial charge in [0.25, 0.3) is 0 Å². The number of alkyl halides is 1. The summed E-state index contributed by atoms with van der Waals surface area (Å²) in [6.07, 6.45) is 2.22. The molecule has 17 heavy (non-hydrogen) atoms. The third-order valence-electron chi connectivity index (χ3n) is 3.16. The van der Waals surface area contributed by atoms with Crippen LogP contribution in [0.1, 0.15) is 32.3 Å². The molecule has 0 saturated heterocycles. The van der Waals surface area contributed by atoms with Crippen molar-refractivity contribution in [3.63, 3.8) is 0 Å². The molecule has 0 aliphatic rings. The fraction of sp³-hybridized carbons (Fsp3) is 0.571. The van der Waals surface area contributed by atoms with Crippen LogP contribution in [0.3, 0.4) is 0 Å². The number of nitrogens with zero attached hydrogens (tertiary/aromatic N) is 1. The van der Waals surface area contributed by atoms with E-state index in [1.54, 1.807) is 6.07 Å². The quantitative estimate of drug-likeness (QED) is 0.682. The van der Waals surface area contributed by atoms with E-state index in [0.29, 0.717) is 12.6 Å². The highest BCUT2D eigenvalue weighted by Gasteiger charge is 2.16. The van der Waals surface area contributed by atoms with Crippen LogP contribution in [0.4, 0.5) is 4.39 Å². The summed E-state index contributed by atoms with van der Waals surface area (Å²) in [5.74, 6) is -0.0990. The van der Waals surface area contributed by atoms with Crippen LogP contribution in [0.15, 0.2) is 24.3 Å². The molecule has 1 nitrogen and oxygen atoms in total. The Hall–Kier alpha value is -0.410. The van der Waals surface area contributed by atoms with Gasteiger partial charge < -0.3 is 0 Å². The van der Waals surface area contributed by atoms with Crippen molar-refractivity contribution >= 4 is 15.9 Å². The normalized spacial score (nSPS) is 11.4. The fourth-order valence-electron chi connectivity index (χ4n) is 2.15. The number of rotatable bonds is 7. The van der Waals surface area contributed by atoms with Gasteiger partial charge in [-0.3, -0.25) is 4.90 Å². The fourth-order valence-corrected chi connectivity index (χ4v) is 2.61. The predicted octanol–water partition coefficient (Wildman–Crippen LogP) is 4.21. The minimum absolute atomic E-state index is 0.0990. The van der Waals surface area contributed by atoms with Crippen molar-refractivity contribution in [2.45, 2.75) is 39.3 Å². The first-order chi connectivity index (χ1) is 8.22. The molecular weight excluding hydrogens is 281 g/mol. The highest BCUT2D eigenvalue weighted by molar-refractivity contribution is 9.09. The van der Waals surface area contributed by atoms with Gasteiger partial charge in [0, 0.05) is 30.0 Å². The van der Waals surface area contributed by atoms with E-state index in [-0.39, 0.29) is 5.82 Å². The molecule has 0 fully saturated rings. The topological polar surface area (TPSA) is 3.24 Å². The first kappa shape index (κ1) is 14.7. The van der Waals surface area contributed by atoms with Crippen LogP contribution in [-0.2, 0) is 6.54 Å². The van der Waals surface area contributed by atoms with Crippen molar-refractivity contribution in [2.24, 2.45) is 0 Å². The summed E-state index contributed by atoms with van der Waals surface area (Å²) >= 11 is 3.47. The highest BCUT2D eigenvalue weighted by atomic mass is 79.9.